The van der Waals surface area contributed by atoms with Gasteiger partial charge in [0.1, 0.15) is 0 Å². The van der Waals surface area contributed by atoms with Crippen LogP contribution in [0.1, 0.15) is 33.6 Å². The van der Waals surface area contributed by atoms with E-state index in [1.165, 1.54) is 0 Å². The molecule has 0 saturated carbocycles. The van der Waals surface area contributed by atoms with E-state index in [0.717, 1.165) is 19.4 Å². The molecule has 1 heterocycles. The van der Waals surface area contributed by atoms with Crippen LogP contribution < -0.4 is 5.32 Å². The van der Waals surface area contributed by atoms with E-state index in [2.05, 4.69) is 26.1 Å². The molecule has 1 unspecified atom stereocenters. The highest BCUT2D eigenvalue weighted by molar-refractivity contribution is 5.83. The van der Waals surface area contributed by atoms with E-state index in [-0.39, 0.29) is 11.5 Å². The van der Waals surface area contributed by atoms with Crippen LogP contribution in [0.25, 0.3) is 0 Å². The van der Waals surface area contributed by atoms with Gasteiger partial charge in [0.05, 0.1) is 13.2 Å². The molecule has 1 atom stereocenters. The average Bonchev–Trinajstić information content (AvgIpc) is 2.14. The molecule has 1 aliphatic heterocycles. The zero-order valence-corrected chi connectivity index (χ0v) is 9.43. The molecule has 0 aliphatic carbocycles. The summed E-state index contributed by atoms with van der Waals surface area (Å²) < 4.78 is 5.29. The lowest BCUT2D eigenvalue weighted by atomic mass is 9.96. The van der Waals surface area contributed by atoms with Crippen LogP contribution in [0.2, 0.25) is 0 Å². The highest BCUT2D eigenvalue weighted by Gasteiger charge is 2.22. The third-order valence-electron chi connectivity index (χ3n) is 2.41. The second kappa shape index (κ2) is 4.89. The molecular formula is C11H21NO2. The van der Waals surface area contributed by atoms with Crippen molar-refractivity contribution in [1.82, 2.24) is 5.32 Å². The summed E-state index contributed by atoms with van der Waals surface area (Å²) in [5.74, 6) is 0.415. The molecule has 0 amide bonds. The molecule has 1 fully saturated rings. The molecule has 1 aliphatic rings. The van der Waals surface area contributed by atoms with E-state index in [1.807, 2.05) is 0 Å². The van der Waals surface area contributed by atoms with Crippen molar-refractivity contribution in [3.63, 3.8) is 0 Å². The van der Waals surface area contributed by atoms with Crippen molar-refractivity contribution in [2.75, 3.05) is 19.8 Å². The topological polar surface area (TPSA) is 38.3 Å². The van der Waals surface area contributed by atoms with Crippen LogP contribution in [0, 0.1) is 5.92 Å². The monoisotopic (exact) mass is 199 g/mol. The van der Waals surface area contributed by atoms with E-state index >= 15 is 0 Å². The number of hydrogen-bond acceptors (Lipinski definition) is 3. The standard InChI is InChI=1S/C11H21NO2/c1-11(2,3)12-7-10(13)9-5-4-6-14-8-9/h9,12H,4-8H2,1-3H3. The summed E-state index contributed by atoms with van der Waals surface area (Å²) in [6.07, 6.45) is 2.01. The highest BCUT2D eigenvalue weighted by atomic mass is 16.5. The predicted octanol–water partition coefficient (Wildman–Crippen LogP) is 1.37. The van der Waals surface area contributed by atoms with Gasteiger partial charge in [0.15, 0.2) is 5.78 Å². The fourth-order valence-corrected chi connectivity index (χ4v) is 1.49. The van der Waals surface area contributed by atoms with Gasteiger partial charge >= 0.3 is 0 Å². The Labute approximate surface area is 86.2 Å². The third kappa shape index (κ3) is 4.20. The smallest absolute Gasteiger partial charge is 0.151 e. The van der Waals surface area contributed by atoms with Crippen molar-refractivity contribution in [2.45, 2.75) is 39.2 Å². The van der Waals surface area contributed by atoms with Crippen molar-refractivity contribution >= 4 is 5.78 Å². The van der Waals surface area contributed by atoms with Gasteiger partial charge in [0.25, 0.3) is 0 Å². The minimum atomic E-state index is 0.0190. The van der Waals surface area contributed by atoms with Gasteiger partial charge in [0.2, 0.25) is 0 Å². The van der Waals surface area contributed by atoms with Crippen molar-refractivity contribution in [2.24, 2.45) is 5.92 Å². The van der Waals surface area contributed by atoms with Gasteiger partial charge in [-0.1, -0.05) is 0 Å². The van der Waals surface area contributed by atoms with Gasteiger partial charge in [-0.2, -0.15) is 0 Å². The van der Waals surface area contributed by atoms with Crippen LogP contribution >= 0.6 is 0 Å². The second-order valence-corrected chi connectivity index (χ2v) is 4.98. The van der Waals surface area contributed by atoms with Gasteiger partial charge < -0.3 is 10.1 Å². The first-order valence-corrected chi connectivity index (χ1v) is 5.34. The Bertz CT molecular complexity index is 190. The Hall–Kier alpha value is -0.410. The molecule has 0 bridgehead atoms. The van der Waals surface area contributed by atoms with E-state index in [1.54, 1.807) is 0 Å². The Balaban J connectivity index is 2.27. The van der Waals surface area contributed by atoms with Gasteiger partial charge in [-0.15, -0.1) is 0 Å². The van der Waals surface area contributed by atoms with Gasteiger partial charge in [-0.25, -0.2) is 0 Å². The minimum Gasteiger partial charge on any atom is -0.381 e. The van der Waals surface area contributed by atoms with E-state index in [4.69, 9.17) is 4.74 Å². The number of rotatable bonds is 3. The summed E-state index contributed by atoms with van der Waals surface area (Å²) in [5.41, 5.74) is 0.0190. The number of carbonyl (C=O) groups is 1. The molecule has 0 aromatic carbocycles. The molecular weight excluding hydrogens is 178 g/mol. The minimum absolute atomic E-state index is 0.0190. The van der Waals surface area contributed by atoms with Gasteiger partial charge in [-0.05, 0) is 33.6 Å². The number of ketones is 1. The van der Waals surface area contributed by atoms with Crippen molar-refractivity contribution < 1.29 is 9.53 Å². The Morgan fingerprint density at radius 3 is 2.71 bits per heavy atom. The van der Waals surface area contributed by atoms with Crippen molar-refractivity contribution in [3.8, 4) is 0 Å². The molecule has 1 saturated heterocycles. The lowest BCUT2D eigenvalue weighted by Gasteiger charge is -2.24. The molecule has 0 spiro atoms. The summed E-state index contributed by atoms with van der Waals surface area (Å²) in [4.78, 5) is 11.7. The average molecular weight is 199 g/mol. The van der Waals surface area contributed by atoms with Gasteiger partial charge in [-0.3, -0.25) is 4.79 Å². The summed E-state index contributed by atoms with van der Waals surface area (Å²) in [5, 5.41) is 3.21. The van der Waals surface area contributed by atoms with E-state index < -0.39 is 0 Å². The number of carbonyl (C=O) groups excluding carboxylic acids is 1. The van der Waals surface area contributed by atoms with Crippen molar-refractivity contribution in [1.29, 1.82) is 0 Å². The molecule has 0 aromatic heterocycles. The molecule has 3 nitrogen and oxygen atoms in total. The second-order valence-electron chi connectivity index (χ2n) is 4.98. The Morgan fingerprint density at radius 1 is 1.50 bits per heavy atom. The number of Topliss-reactive ketones (excluding diaryl/α,β-unsaturated/α-hetero) is 1. The normalized spacial score (nSPS) is 23.5. The molecule has 3 heteroatoms. The zero-order chi connectivity index (χ0) is 10.6. The van der Waals surface area contributed by atoms with E-state index in [0.29, 0.717) is 18.9 Å². The first kappa shape index (κ1) is 11.7. The summed E-state index contributed by atoms with van der Waals surface area (Å²) >= 11 is 0. The fraction of sp³-hybridized carbons (Fsp3) is 0.909. The fourth-order valence-electron chi connectivity index (χ4n) is 1.49. The van der Waals surface area contributed by atoms with Crippen LogP contribution in [0.15, 0.2) is 0 Å². The molecule has 0 aromatic rings. The maximum Gasteiger partial charge on any atom is 0.151 e. The number of nitrogens with one attached hydrogen (secondary N) is 1. The predicted molar refractivity (Wildman–Crippen MR) is 56.3 cm³/mol. The third-order valence-corrected chi connectivity index (χ3v) is 2.41. The van der Waals surface area contributed by atoms with Crippen LogP contribution in [0.5, 0.6) is 0 Å². The summed E-state index contributed by atoms with van der Waals surface area (Å²) in [6, 6.07) is 0. The van der Waals surface area contributed by atoms with Crippen LogP contribution in [0.4, 0.5) is 0 Å². The lowest BCUT2D eigenvalue weighted by molar-refractivity contribution is -0.126. The molecule has 0 radical (unpaired) electrons. The first-order chi connectivity index (χ1) is 6.49. The SMILES string of the molecule is CC(C)(C)NCC(=O)C1CCCOC1. The first-order valence-electron chi connectivity index (χ1n) is 5.34. The zero-order valence-electron chi connectivity index (χ0n) is 9.43. The van der Waals surface area contributed by atoms with Crippen LogP contribution in [-0.2, 0) is 9.53 Å². The lowest BCUT2D eigenvalue weighted by Crippen LogP contribution is -2.42. The molecule has 1 N–H and O–H groups in total. The Kier molecular flexibility index (Phi) is 4.08. The Morgan fingerprint density at radius 2 is 2.21 bits per heavy atom. The largest absolute Gasteiger partial charge is 0.381 e. The quantitative estimate of drug-likeness (QED) is 0.746. The van der Waals surface area contributed by atoms with Crippen LogP contribution in [0.3, 0.4) is 0 Å². The highest BCUT2D eigenvalue weighted by Crippen LogP contribution is 2.14. The summed E-state index contributed by atoms with van der Waals surface area (Å²) in [6.45, 7) is 8.10. The number of hydrogen-bond donors (Lipinski definition) is 1. The maximum absolute atomic E-state index is 11.7. The number of ether oxygens (including phenoxy) is 1. The van der Waals surface area contributed by atoms with Crippen molar-refractivity contribution in [3.05, 3.63) is 0 Å². The van der Waals surface area contributed by atoms with Crippen LogP contribution in [-0.4, -0.2) is 31.1 Å². The van der Waals surface area contributed by atoms with Gasteiger partial charge in [0, 0.05) is 18.1 Å². The molecule has 1 rings (SSSR count). The molecule has 14 heavy (non-hydrogen) atoms. The molecule has 82 valence electrons. The maximum atomic E-state index is 11.7. The van der Waals surface area contributed by atoms with E-state index in [9.17, 15) is 4.79 Å². The summed E-state index contributed by atoms with van der Waals surface area (Å²) in [7, 11) is 0.